The molecule has 0 radical (unpaired) electrons. The summed E-state index contributed by atoms with van der Waals surface area (Å²) in [7, 11) is -3.91. The Hall–Kier alpha value is -1.87. The maximum Gasteiger partial charge on any atom is 0.341 e. The second-order valence-corrected chi connectivity index (χ2v) is 9.79. The molecule has 0 unspecified atom stereocenters. The molecule has 2 heterocycles. The molecule has 3 aromatic rings. The number of carbonyl (C=O) groups is 1. The van der Waals surface area contributed by atoms with Gasteiger partial charge in [-0.2, -0.15) is 0 Å². The molecule has 142 valence electrons. The fourth-order valence-electron chi connectivity index (χ4n) is 2.55. The summed E-state index contributed by atoms with van der Waals surface area (Å²) in [6, 6.07) is 9.71. The van der Waals surface area contributed by atoms with E-state index in [-0.39, 0.29) is 22.1 Å². The Morgan fingerprint density at radius 2 is 2.04 bits per heavy atom. The van der Waals surface area contributed by atoms with E-state index in [9.17, 15) is 13.2 Å². The highest BCUT2D eigenvalue weighted by Gasteiger charge is 2.28. The molecular formula is C18H16ClNO4S3. The average molecular weight is 442 g/mol. The van der Waals surface area contributed by atoms with Gasteiger partial charge < -0.3 is 4.74 Å². The number of hydrogen-bond donors (Lipinski definition) is 1. The summed E-state index contributed by atoms with van der Waals surface area (Å²) >= 11 is 8.59. The van der Waals surface area contributed by atoms with Gasteiger partial charge in [0.15, 0.2) is 0 Å². The third-order valence-corrected chi connectivity index (χ3v) is 7.28. The largest absolute Gasteiger partial charge is 0.462 e. The second-order valence-electron chi connectivity index (χ2n) is 5.50. The fraction of sp³-hybridized carbons (Fsp3) is 0.167. The average Bonchev–Trinajstić information content (AvgIpc) is 3.22. The highest BCUT2D eigenvalue weighted by Crippen LogP contribution is 2.42. The van der Waals surface area contributed by atoms with E-state index in [1.807, 2.05) is 24.4 Å². The number of nitrogens with one attached hydrogen (secondary N) is 1. The maximum absolute atomic E-state index is 12.8. The zero-order valence-electron chi connectivity index (χ0n) is 14.5. The SMILES string of the molecule is CCOC(=O)c1c(NS(=O)(=O)c2cccc(Cl)c2)sc(C)c1-c1cccs1. The molecule has 0 aliphatic heterocycles. The monoisotopic (exact) mass is 441 g/mol. The van der Waals surface area contributed by atoms with Crippen LogP contribution in [0.5, 0.6) is 0 Å². The first-order chi connectivity index (χ1) is 12.8. The minimum atomic E-state index is -3.91. The Bertz CT molecular complexity index is 1070. The molecule has 27 heavy (non-hydrogen) atoms. The predicted octanol–water partition coefficient (Wildman–Crippen LogP) is 5.42. The highest BCUT2D eigenvalue weighted by molar-refractivity contribution is 7.93. The van der Waals surface area contributed by atoms with E-state index in [1.165, 1.54) is 34.8 Å². The Balaban J connectivity index is 2.10. The first-order valence-electron chi connectivity index (χ1n) is 7.96. The molecule has 0 bridgehead atoms. The van der Waals surface area contributed by atoms with Crippen molar-refractivity contribution in [3.05, 3.63) is 57.2 Å². The van der Waals surface area contributed by atoms with Gasteiger partial charge in [0.1, 0.15) is 10.6 Å². The Morgan fingerprint density at radius 3 is 2.67 bits per heavy atom. The van der Waals surface area contributed by atoms with Crippen molar-refractivity contribution < 1.29 is 17.9 Å². The molecule has 0 spiro atoms. The molecule has 0 saturated carbocycles. The van der Waals surface area contributed by atoms with Crippen LogP contribution in [-0.4, -0.2) is 21.0 Å². The molecule has 0 fully saturated rings. The van der Waals surface area contributed by atoms with Crippen molar-refractivity contribution in [2.45, 2.75) is 18.7 Å². The van der Waals surface area contributed by atoms with Gasteiger partial charge in [0, 0.05) is 20.3 Å². The van der Waals surface area contributed by atoms with Crippen molar-refractivity contribution in [1.82, 2.24) is 0 Å². The number of aryl methyl sites for hydroxylation is 1. The lowest BCUT2D eigenvalue weighted by molar-refractivity contribution is 0.0529. The summed E-state index contributed by atoms with van der Waals surface area (Å²) in [5.41, 5.74) is 0.921. The van der Waals surface area contributed by atoms with Crippen LogP contribution in [0.1, 0.15) is 22.2 Å². The topological polar surface area (TPSA) is 72.5 Å². The molecule has 5 nitrogen and oxygen atoms in total. The van der Waals surface area contributed by atoms with Crippen molar-refractivity contribution in [2.24, 2.45) is 0 Å². The van der Waals surface area contributed by atoms with E-state index in [2.05, 4.69) is 4.72 Å². The number of benzene rings is 1. The van der Waals surface area contributed by atoms with E-state index in [4.69, 9.17) is 16.3 Å². The van der Waals surface area contributed by atoms with Crippen LogP contribution in [0.25, 0.3) is 10.4 Å². The van der Waals surface area contributed by atoms with E-state index in [0.29, 0.717) is 10.6 Å². The molecule has 1 aromatic carbocycles. The standard InChI is InChI=1S/C18H16ClNO4S3/c1-3-24-18(21)16-15(14-8-5-9-25-14)11(2)26-17(16)20-27(22,23)13-7-4-6-12(19)10-13/h4-10,20H,3H2,1-2H3. The van der Waals surface area contributed by atoms with Gasteiger partial charge in [0.25, 0.3) is 10.0 Å². The Morgan fingerprint density at radius 1 is 1.26 bits per heavy atom. The molecule has 0 atom stereocenters. The number of rotatable bonds is 6. The third-order valence-electron chi connectivity index (χ3n) is 3.66. The number of carbonyl (C=O) groups excluding carboxylic acids is 1. The van der Waals surface area contributed by atoms with Crippen LogP contribution in [0, 0.1) is 6.92 Å². The molecule has 0 aliphatic rings. The van der Waals surface area contributed by atoms with Crippen molar-refractivity contribution in [3.8, 4) is 10.4 Å². The highest BCUT2D eigenvalue weighted by atomic mass is 35.5. The third kappa shape index (κ3) is 4.19. The predicted molar refractivity (Wildman–Crippen MR) is 111 cm³/mol. The van der Waals surface area contributed by atoms with Gasteiger partial charge in [-0.1, -0.05) is 23.7 Å². The smallest absolute Gasteiger partial charge is 0.341 e. The fourth-order valence-corrected chi connectivity index (χ4v) is 6.11. The summed E-state index contributed by atoms with van der Waals surface area (Å²) < 4.78 is 33.3. The molecule has 0 saturated heterocycles. The molecule has 0 amide bonds. The molecule has 2 aromatic heterocycles. The number of thiophene rings is 2. The first kappa shape index (κ1) is 19.9. The van der Waals surface area contributed by atoms with Crippen molar-refractivity contribution >= 4 is 55.3 Å². The van der Waals surface area contributed by atoms with E-state index < -0.39 is 16.0 Å². The van der Waals surface area contributed by atoms with Crippen LogP contribution in [0.2, 0.25) is 5.02 Å². The van der Waals surface area contributed by atoms with Crippen LogP contribution < -0.4 is 4.72 Å². The number of sulfonamides is 1. The lowest BCUT2D eigenvalue weighted by atomic mass is 10.1. The normalized spacial score (nSPS) is 11.4. The van der Waals surface area contributed by atoms with Gasteiger partial charge in [0.2, 0.25) is 0 Å². The van der Waals surface area contributed by atoms with Crippen LogP contribution in [0.3, 0.4) is 0 Å². The minimum Gasteiger partial charge on any atom is -0.462 e. The second kappa shape index (κ2) is 8.02. The number of halogens is 1. The minimum absolute atomic E-state index is 0.0218. The molecule has 0 aliphatic carbocycles. The van der Waals surface area contributed by atoms with Crippen molar-refractivity contribution in [1.29, 1.82) is 0 Å². The van der Waals surface area contributed by atoms with Gasteiger partial charge in [-0.3, -0.25) is 4.72 Å². The van der Waals surface area contributed by atoms with Crippen molar-refractivity contribution in [3.63, 3.8) is 0 Å². The van der Waals surface area contributed by atoms with Crippen LogP contribution in [0.15, 0.2) is 46.7 Å². The first-order valence-corrected chi connectivity index (χ1v) is 11.5. The summed E-state index contributed by atoms with van der Waals surface area (Å²) in [6.45, 7) is 3.75. The van der Waals surface area contributed by atoms with Gasteiger partial charge in [-0.25, -0.2) is 13.2 Å². The zero-order chi connectivity index (χ0) is 19.6. The van der Waals surface area contributed by atoms with Crippen LogP contribution >= 0.6 is 34.3 Å². The summed E-state index contributed by atoms with van der Waals surface area (Å²) in [5.74, 6) is -0.561. The Kier molecular flexibility index (Phi) is 5.90. The maximum atomic E-state index is 12.8. The zero-order valence-corrected chi connectivity index (χ0v) is 17.7. The molecular weight excluding hydrogens is 426 g/mol. The lowest BCUT2D eigenvalue weighted by Gasteiger charge is -2.10. The summed E-state index contributed by atoms with van der Waals surface area (Å²) in [5, 5.41) is 2.44. The van der Waals surface area contributed by atoms with E-state index >= 15 is 0 Å². The van der Waals surface area contributed by atoms with Crippen molar-refractivity contribution in [2.75, 3.05) is 11.3 Å². The number of anilines is 1. The van der Waals surface area contributed by atoms with Gasteiger partial charge in [-0.05, 0) is 43.5 Å². The van der Waals surface area contributed by atoms with Gasteiger partial charge in [-0.15, -0.1) is 22.7 Å². The summed E-state index contributed by atoms with van der Waals surface area (Å²) in [6.07, 6.45) is 0. The summed E-state index contributed by atoms with van der Waals surface area (Å²) in [4.78, 5) is 14.3. The van der Waals surface area contributed by atoms with Crippen LogP contribution in [-0.2, 0) is 14.8 Å². The lowest BCUT2D eigenvalue weighted by Crippen LogP contribution is -2.15. The van der Waals surface area contributed by atoms with Crippen LogP contribution in [0.4, 0.5) is 5.00 Å². The van der Waals surface area contributed by atoms with Gasteiger partial charge >= 0.3 is 5.97 Å². The molecule has 3 rings (SSSR count). The number of hydrogen-bond acceptors (Lipinski definition) is 6. The quantitative estimate of drug-likeness (QED) is 0.518. The molecule has 1 N–H and O–H groups in total. The van der Waals surface area contributed by atoms with Gasteiger partial charge in [0.05, 0.1) is 11.5 Å². The Labute approximate surface area is 170 Å². The molecule has 9 heteroatoms. The number of esters is 1. The van der Waals surface area contributed by atoms with E-state index in [1.54, 1.807) is 19.1 Å². The number of ether oxygens (including phenoxy) is 1. The van der Waals surface area contributed by atoms with E-state index in [0.717, 1.165) is 9.75 Å².